The standard InChI is InChI=1S/C13H20/c1-6-12-8-7-10(4)13(9(2)3)11(12)5/h7-9H,6H2,1-5H3. The molecule has 0 unspecified atom stereocenters. The summed E-state index contributed by atoms with van der Waals surface area (Å²) < 4.78 is 0. The minimum Gasteiger partial charge on any atom is -0.0613 e. The third-order valence-corrected chi connectivity index (χ3v) is 2.80. The van der Waals surface area contributed by atoms with Crippen LogP contribution in [0.25, 0.3) is 0 Å². The summed E-state index contributed by atoms with van der Waals surface area (Å²) in [5, 5.41) is 0. The summed E-state index contributed by atoms with van der Waals surface area (Å²) in [6, 6.07) is 4.51. The van der Waals surface area contributed by atoms with E-state index in [2.05, 4.69) is 46.8 Å². The Bertz CT molecular complexity index is 295. The van der Waals surface area contributed by atoms with Gasteiger partial charge in [-0.25, -0.2) is 0 Å². The first-order chi connectivity index (χ1) is 6.07. The van der Waals surface area contributed by atoms with Crippen molar-refractivity contribution in [2.45, 2.75) is 47.0 Å². The molecule has 1 rings (SSSR count). The Morgan fingerprint density at radius 3 is 2.23 bits per heavy atom. The second-order valence-corrected chi connectivity index (χ2v) is 4.09. The molecule has 0 bridgehead atoms. The lowest BCUT2D eigenvalue weighted by Crippen LogP contribution is -1.99. The summed E-state index contributed by atoms with van der Waals surface area (Å²) >= 11 is 0. The monoisotopic (exact) mass is 176 g/mol. The summed E-state index contributed by atoms with van der Waals surface area (Å²) in [5.74, 6) is 0.645. The van der Waals surface area contributed by atoms with Crippen LogP contribution < -0.4 is 0 Å². The van der Waals surface area contributed by atoms with Crippen molar-refractivity contribution in [2.24, 2.45) is 0 Å². The SMILES string of the molecule is CCc1ccc(C)c(C(C)C)c1C. The van der Waals surface area contributed by atoms with Gasteiger partial charge in [0.25, 0.3) is 0 Å². The van der Waals surface area contributed by atoms with Gasteiger partial charge in [0, 0.05) is 0 Å². The maximum atomic E-state index is 2.27. The van der Waals surface area contributed by atoms with Crippen molar-refractivity contribution in [3.63, 3.8) is 0 Å². The normalized spacial score (nSPS) is 10.9. The van der Waals surface area contributed by atoms with E-state index in [0.717, 1.165) is 6.42 Å². The van der Waals surface area contributed by atoms with Crippen LogP contribution in [-0.4, -0.2) is 0 Å². The largest absolute Gasteiger partial charge is 0.0613 e. The van der Waals surface area contributed by atoms with Gasteiger partial charge < -0.3 is 0 Å². The molecule has 1 aromatic carbocycles. The fraction of sp³-hybridized carbons (Fsp3) is 0.538. The Morgan fingerprint density at radius 1 is 1.15 bits per heavy atom. The first kappa shape index (κ1) is 10.3. The summed E-state index contributed by atoms with van der Waals surface area (Å²) in [5.41, 5.74) is 5.97. The van der Waals surface area contributed by atoms with Gasteiger partial charge in [-0.15, -0.1) is 0 Å². The van der Waals surface area contributed by atoms with Gasteiger partial charge in [0.2, 0.25) is 0 Å². The Hall–Kier alpha value is -0.780. The van der Waals surface area contributed by atoms with Gasteiger partial charge in [0.1, 0.15) is 0 Å². The molecule has 0 aromatic heterocycles. The lowest BCUT2D eigenvalue weighted by molar-refractivity contribution is 0.839. The van der Waals surface area contributed by atoms with Gasteiger partial charge in [0.05, 0.1) is 0 Å². The van der Waals surface area contributed by atoms with Crippen LogP contribution >= 0.6 is 0 Å². The highest BCUT2D eigenvalue weighted by atomic mass is 14.1. The summed E-state index contributed by atoms with van der Waals surface area (Å²) in [7, 11) is 0. The summed E-state index contributed by atoms with van der Waals surface area (Å²) in [6.45, 7) is 11.2. The Kier molecular flexibility index (Phi) is 3.13. The molecule has 0 saturated heterocycles. The van der Waals surface area contributed by atoms with Crippen molar-refractivity contribution < 1.29 is 0 Å². The van der Waals surface area contributed by atoms with E-state index in [-0.39, 0.29) is 0 Å². The third kappa shape index (κ3) is 1.93. The molecule has 0 heteroatoms. The smallest absolute Gasteiger partial charge is 0.0213 e. The average Bonchev–Trinajstić information content (AvgIpc) is 2.04. The molecule has 72 valence electrons. The van der Waals surface area contributed by atoms with Gasteiger partial charge in [-0.1, -0.05) is 32.9 Å². The zero-order valence-electron chi connectivity index (χ0n) is 9.44. The zero-order chi connectivity index (χ0) is 10.0. The van der Waals surface area contributed by atoms with Crippen molar-refractivity contribution in [1.82, 2.24) is 0 Å². The highest BCUT2D eigenvalue weighted by Crippen LogP contribution is 2.25. The van der Waals surface area contributed by atoms with Gasteiger partial charge >= 0.3 is 0 Å². The molecule has 0 heterocycles. The second-order valence-electron chi connectivity index (χ2n) is 4.09. The summed E-state index contributed by atoms with van der Waals surface area (Å²) in [6.07, 6.45) is 1.14. The van der Waals surface area contributed by atoms with Gasteiger partial charge in [-0.05, 0) is 48.4 Å². The van der Waals surface area contributed by atoms with Crippen molar-refractivity contribution in [3.8, 4) is 0 Å². The molecule has 0 aliphatic carbocycles. The van der Waals surface area contributed by atoms with Crippen LogP contribution in [0, 0.1) is 13.8 Å². The van der Waals surface area contributed by atoms with E-state index in [1.165, 1.54) is 16.7 Å². The molecule has 0 atom stereocenters. The number of hydrogen-bond donors (Lipinski definition) is 0. The van der Waals surface area contributed by atoms with E-state index >= 15 is 0 Å². The van der Waals surface area contributed by atoms with E-state index in [0.29, 0.717) is 5.92 Å². The predicted molar refractivity (Wildman–Crippen MR) is 59.4 cm³/mol. The van der Waals surface area contributed by atoms with E-state index in [1.807, 2.05) is 0 Å². The van der Waals surface area contributed by atoms with E-state index in [9.17, 15) is 0 Å². The molecule has 0 aliphatic heterocycles. The number of hydrogen-bond acceptors (Lipinski definition) is 0. The Morgan fingerprint density at radius 2 is 1.77 bits per heavy atom. The van der Waals surface area contributed by atoms with Crippen LogP contribution in [0.5, 0.6) is 0 Å². The van der Waals surface area contributed by atoms with Crippen molar-refractivity contribution in [3.05, 3.63) is 34.4 Å². The second kappa shape index (κ2) is 3.95. The first-order valence-corrected chi connectivity index (χ1v) is 5.16. The fourth-order valence-electron chi connectivity index (χ4n) is 2.18. The Balaban J connectivity index is 3.30. The molecule has 0 N–H and O–H groups in total. The first-order valence-electron chi connectivity index (χ1n) is 5.16. The molecule has 0 aliphatic rings. The van der Waals surface area contributed by atoms with Crippen molar-refractivity contribution in [2.75, 3.05) is 0 Å². The van der Waals surface area contributed by atoms with E-state index in [4.69, 9.17) is 0 Å². The molecule has 0 nitrogen and oxygen atoms in total. The van der Waals surface area contributed by atoms with Gasteiger partial charge in [0.15, 0.2) is 0 Å². The maximum absolute atomic E-state index is 2.27. The minimum atomic E-state index is 0.645. The fourth-order valence-corrected chi connectivity index (χ4v) is 2.18. The predicted octanol–water partition coefficient (Wildman–Crippen LogP) is 3.99. The summed E-state index contributed by atoms with van der Waals surface area (Å²) in [4.78, 5) is 0. The molecule has 0 saturated carbocycles. The van der Waals surface area contributed by atoms with Crippen LogP contribution in [0.1, 0.15) is 48.9 Å². The molecule has 0 spiro atoms. The highest BCUT2D eigenvalue weighted by Gasteiger charge is 2.08. The van der Waals surface area contributed by atoms with Crippen molar-refractivity contribution in [1.29, 1.82) is 0 Å². The van der Waals surface area contributed by atoms with Crippen LogP contribution in [0.2, 0.25) is 0 Å². The zero-order valence-corrected chi connectivity index (χ0v) is 9.44. The van der Waals surface area contributed by atoms with E-state index in [1.54, 1.807) is 5.56 Å². The van der Waals surface area contributed by atoms with Gasteiger partial charge in [-0.3, -0.25) is 0 Å². The van der Waals surface area contributed by atoms with Crippen LogP contribution in [0.15, 0.2) is 12.1 Å². The quantitative estimate of drug-likeness (QED) is 0.639. The molecule has 13 heavy (non-hydrogen) atoms. The molecule has 1 aromatic rings. The minimum absolute atomic E-state index is 0.645. The lowest BCUT2D eigenvalue weighted by Gasteiger charge is -2.16. The molecular formula is C13H20. The van der Waals surface area contributed by atoms with Gasteiger partial charge in [-0.2, -0.15) is 0 Å². The number of rotatable bonds is 2. The van der Waals surface area contributed by atoms with Crippen molar-refractivity contribution >= 4 is 0 Å². The van der Waals surface area contributed by atoms with Crippen LogP contribution in [0.4, 0.5) is 0 Å². The molecule has 0 amide bonds. The number of aryl methyl sites for hydroxylation is 2. The lowest BCUT2D eigenvalue weighted by atomic mass is 9.89. The highest BCUT2D eigenvalue weighted by molar-refractivity contribution is 5.41. The molecule has 0 radical (unpaired) electrons. The van der Waals surface area contributed by atoms with Crippen LogP contribution in [0.3, 0.4) is 0 Å². The molecule has 0 fully saturated rings. The number of benzene rings is 1. The third-order valence-electron chi connectivity index (χ3n) is 2.80. The topological polar surface area (TPSA) is 0 Å². The molecular weight excluding hydrogens is 156 g/mol. The maximum Gasteiger partial charge on any atom is -0.0213 e. The van der Waals surface area contributed by atoms with E-state index < -0.39 is 0 Å². The average molecular weight is 176 g/mol. The Labute approximate surface area is 82.0 Å². The van der Waals surface area contributed by atoms with Crippen LogP contribution in [-0.2, 0) is 6.42 Å².